The molecule has 13 aromatic carbocycles. The predicted molar refractivity (Wildman–Crippen MR) is 557 cm³/mol. The third-order valence-electron chi connectivity index (χ3n) is 26.5. The lowest BCUT2D eigenvalue weighted by Gasteiger charge is -2.47. The van der Waals surface area contributed by atoms with E-state index in [9.17, 15) is 16.4 Å². The SMILES string of the molecule is [2H]c1c(C(C)(C)C)c([2H])c2c(c1[2H])c1c([2H])c([2H])c(C(C)(C)C)c([2H])c1n2-c1ccc2c(c1)N(c1c(-c3ccccc3)cc(C(C)(C)C)cc1-c1cc(C(C)(C)C)cc(C(C)(C)C)c1)c1cc(C(C)(C)C)cc3c1B2c1ccc(-n2c4c([2H])c(C(C)(C)C)c([2H])c([2H])c4c4c([2H])c([2H])c(C(C)(C)C)c([2H])c42)cc1N3c1c(-c2ccccc2)cc(C(C)(C)C)cc1-c1cc(C(C)(C)C)cc(C(C)(C)C)c1. The van der Waals surface area contributed by atoms with Gasteiger partial charge in [-0.05, 0) is 244 Å². The second-order valence-electron chi connectivity index (χ2n) is 48.0. The number of benzene rings is 13. The zero-order valence-electron chi connectivity index (χ0n) is 94.0. The van der Waals surface area contributed by atoms with Crippen LogP contribution in [0, 0.1) is 0 Å². The summed E-state index contributed by atoms with van der Waals surface area (Å²) in [5.74, 6) is 0. The summed E-state index contributed by atoms with van der Waals surface area (Å²) in [6.45, 7) is 71.0. The second-order valence-corrected chi connectivity index (χ2v) is 48.0. The summed E-state index contributed by atoms with van der Waals surface area (Å²) >= 11 is 0. The van der Waals surface area contributed by atoms with Crippen LogP contribution in [-0.4, -0.2) is 15.8 Å². The van der Waals surface area contributed by atoms with Crippen molar-refractivity contribution in [1.82, 2.24) is 9.13 Å². The lowest BCUT2D eigenvalue weighted by molar-refractivity contribution is 0.568. The quantitative estimate of drug-likeness (QED) is 0.141. The summed E-state index contributed by atoms with van der Waals surface area (Å²) < 4.78 is 129. The molecule has 0 aliphatic carbocycles. The van der Waals surface area contributed by atoms with Crippen molar-refractivity contribution in [3.05, 3.63) is 304 Å². The average Bonchev–Trinajstić information content (AvgIpc) is 1.62. The van der Waals surface area contributed by atoms with Gasteiger partial charge in [0.2, 0.25) is 0 Å². The number of hydrogen-bond acceptors (Lipinski definition) is 2. The van der Waals surface area contributed by atoms with Gasteiger partial charge in [0.25, 0.3) is 6.71 Å². The first kappa shape index (κ1) is 74.1. The molecule has 0 radical (unpaired) electrons. The van der Waals surface area contributed by atoms with Crippen LogP contribution in [0.15, 0.2) is 242 Å². The molecule has 0 unspecified atom stereocenters. The van der Waals surface area contributed by atoms with Crippen molar-refractivity contribution in [3.63, 3.8) is 0 Å². The van der Waals surface area contributed by atoms with Crippen LogP contribution in [0.4, 0.5) is 34.1 Å². The van der Waals surface area contributed by atoms with E-state index in [1.165, 1.54) is 22.3 Å². The number of nitrogens with zero attached hydrogens (tertiary/aromatic N) is 4. The first-order chi connectivity index (χ1) is 64.0. The van der Waals surface area contributed by atoms with Crippen LogP contribution in [-0.2, 0) is 59.6 Å². The van der Waals surface area contributed by atoms with Crippen LogP contribution < -0.4 is 26.2 Å². The standard InChI is InChI=1S/C122H139BN4/c1-112(2,3)78-44-50-91-92-51-45-79(113(4,5)6)67-102(92)124(101(91)66-78)89-48-54-99-105(72-89)126(110-95(74-40-36-34-37-41-74)62-86(120(25,26)27)64-97(110)76-56-82(116(13,14)15)60-83(57-76)117(16,17)18)107-70-88(122(31,32)33)71-108-109(107)123(99)100-55-49-90(125-103-68-80(114(7,8)9)46-52-93(103)94-53-47-81(69-104(94)125)115(10,11)12)73-106(100)127(108)111-96(75-42-38-35-39-43-75)63-87(121(28,29)30)65-98(111)77-58-84(118(19,20)21)61-85(59-77)119(22,23)24/h34-73H,1-33H3/i44D,45D,46D,47D,50D,51D,52D,53D,66D,67D,68D,69D. The zero-order chi connectivity index (χ0) is 102. The molecule has 2 aromatic heterocycles. The molecule has 0 saturated heterocycles. The summed E-state index contributed by atoms with van der Waals surface area (Å²) in [7, 11) is 0. The topological polar surface area (TPSA) is 16.3 Å². The highest BCUT2D eigenvalue weighted by molar-refractivity contribution is 7.00. The molecule has 0 spiro atoms. The minimum atomic E-state index is -0.847. The van der Waals surface area contributed by atoms with Gasteiger partial charge in [0.1, 0.15) is 0 Å². The average molecular weight is 1680 g/mol. The first-order valence-corrected chi connectivity index (χ1v) is 46.0. The van der Waals surface area contributed by atoms with Crippen molar-refractivity contribution >= 4 is 101 Å². The normalized spacial score (nSPS) is 15.3. The van der Waals surface area contributed by atoms with Crippen molar-refractivity contribution in [2.45, 2.75) is 288 Å². The van der Waals surface area contributed by atoms with Gasteiger partial charge in [-0.2, -0.15) is 0 Å². The molecule has 2 aliphatic rings. The molecule has 0 atom stereocenters. The van der Waals surface area contributed by atoms with E-state index in [0.29, 0.717) is 33.6 Å². The lowest BCUT2D eigenvalue weighted by Crippen LogP contribution is -2.61. The smallest absolute Gasteiger partial charge is 0.252 e. The summed E-state index contributed by atoms with van der Waals surface area (Å²) in [5, 5.41) is 0.637. The first-order valence-electron chi connectivity index (χ1n) is 52.0. The Balaban J connectivity index is 1.18. The fourth-order valence-corrected chi connectivity index (χ4v) is 18.4. The Morgan fingerprint density at radius 2 is 0.457 bits per heavy atom. The van der Waals surface area contributed by atoms with Gasteiger partial charge in [0, 0.05) is 77.9 Å². The molecule has 4 nitrogen and oxygen atoms in total. The number of aromatic nitrogens is 2. The largest absolute Gasteiger partial charge is 0.310 e. The Kier molecular flexibility index (Phi) is 17.4. The maximum absolute atomic E-state index is 10.9. The number of hydrogen-bond donors (Lipinski definition) is 0. The fourth-order valence-electron chi connectivity index (χ4n) is 18.4. The van der Waals surface area contributed by atoms with E-state index in [1.807, 2.05) is 92.2 Å². The summed E-state index contributed by atoms with van der Waals surface area (Å²) in [4.78, 5) is 5.09. The van der Waals surface area contributed by atoms with Crippen LogP contribution in [0.1, 0.15) is 306 Å². The molecule has 17 rings (SSSR count). The summed E-state index contributed by atoms with van der Waals surface area (Å²) in [6.07, 6.45) is 0. The van der Waals surface area contributed by atoms with E-state index in [-0.39, 0.29) is 138 Å². The van der Waals surface area contributed by atoms with E-state index in [2.05, 4.69) is 325 Å². The number of anilines is 6. The molecular weight excluding hydrogens is 1530 g/mol. The number of fused-ring (bicyclic) bond motifs is 10. The second kappa shape index (κ2) is 29.9. The van der Waals surface area contributed by atoms with Crippen LogP contribution in [0.3, 0.4) is 0 Å². The summed E-state index contributed by atoms with van der Waals surface area (Å²) in [6, 6.07) is 62.3. The fraction of sp³-hybridized carbons (Fsp3) is 0.361. The minimum absolute atomic E-state index is 0.0103. The van der Waals surface area contributed by atoms with E-state index in [4.69, 9.17) is 0 Å². The molecular formula is C122H139BN4. The van der Waals surface area contributed by atoms with Crippen molar-refractivity contribution in [2.24, 2.45) is 0 Å². The molecule has 15 aromatic rings. The molecule has 0 bridgehead atoms. The zero-order valence-corrected chi connectivity index (χ0v) is 82.0. The monoisotopic (exact) mass is 1680 g/mol. The Hall–Kier alpha value is -10.9. The van der Waals surface area contributed by atoms with Crippen LogP contribution in [0.2, 0.25) is 0 Å². The third-order valence-corrected chi connectivity index (χ3v) is 26.5. The third kappa shape index (κ3) is 15.8. The van der Waals surface area contributed by atoms with Crippen molar-refractivity contribution < 1.29 is 16.4 Å². The highest BCUT2D eigenvalue weighted by Gasteiger charge is 2.48. The van der Waals surface area contributed by atoms with Crippen molar-refractivity contribution in [2.75, 3.05) is 9.80 Å². The van der Waals surface area contributed by atoms with Gasteiger partial charge in [0.15, 0.2) is 0 Å². The van der Waals surface area contributed by atoms with Gasteiger partial charge in [-0.3, -0.25) is 0 Å². The molecule has 4 heterocycles. The van der Waals surface area contributed by atoms with E-state index >= 15 is 0 Å². The maximum Gasteiger partial charge on any atom is 0.252 e. The molecule has 5 heteroatoms. The molecule has 650 valence electrons. The molecule has 0 saturated carbocycles. The molecule has 0 N–H and O–H groups in total. The van der Waals surface area contributed by atoms with E-state index in [0.717, 1.165) is 112 Å². The van der Waals surface area contributed by atoms with Gasteiger partial charge in [0.05, 0.1) is 49.9 Å². The Bertz CT molecular complexity index is 7010. The number of rotatable bonds is 8. The van der Waals surface area contributed by atoms with Gasteiger partial charge in [-0.15, -0.1) is 0 Å². The van der Waals surface area contributed by atoms with Crippen molar-refractivity contribution in [3.8, 4) is 55.9 Å². The lowest BCUT2D eigenvalue weighted by atomic mass is 9.33. The summed E-state index contributed by atoms with van der Waals surface area (Å²) in [5.41, 5.74) is 20.6. The van der Waals surface area contributed by atoms with Crippen LogP contribution >= 0.6 is 0 Å². The van der Waals surface area contributed by atoms with Crippen molar-refractivity contribution in [1.29, 1.82) is 0 Å². The van der Waals surface area contributed by atoms with Crippen LogP contribution in [0.25, 0.3) is 99.5 Å². The Labute approximate surface area is 779 Å². The predicted octanol–water partition coefficient (Wildman–Crippen LogP) is 32.9. The van der Waals surface area contributed by atoms with E-state index < -0.39 is 44.6 Å². The van der Waals surface area contributed by atoms with Crippen LogP contribution in [0.5, 0.6) is 0 Å². The molecule has 2 aliphatic heterocycles. The van der Waals surface area contributed by atoms with E-state index in [1.54, 1.807) is 0 Å². The molecule has 0 fully saturated rings. The molecule has 127 heavy (non-hydrogen) atoms. The Morgan fingerprint density at radius 1 is 0.220 bits per heavy atom. The van der Waals surface area contributed by atoms with Gasteiger partial charge < -0.3 is 18.9 Å². The van der Waals surface area contributed by atoms with Gasteiger partial charge in [-0.25, -0.2) is 0 Å². The Morgan fingerprint density at radius 3 is 0.709 bits per heavy atom. The van der Waals surface area contributed by atoms with Gasteiger partial charge in [-0.1, -0.05) is 386 Å². The maximum atomic E-state index is 10.9. The van der Waals surface area contributed by atoms with Gasteiger partial charge >= 0.3 is 0 Å². The highest BCUT2D eigenvalue weighted by atomic mass is 15.2. The minimum Gasteiger partial charge on any atom is -0.310 e. The highest BCUT2D eigenvalue weighted by Crippen LogP contribution is 2.58. The molecule has 0 amide bonds.